The van der Waals surface area contributed by atoms with Crippen LogP contribution in [0.5, 0.6) is 5.75 Å². The van der Waals surface area contributed by atoms with Gasteiger partial charge in [0.2, 0.25) is 0 Å². The fourth-order valence-electron chi connectivity index (χ4n) is 3.17. The van der Waals surface area contributed by atoms with Crippen LogP contribution >= 0.6 is 0 Å². The van der Waals surface area contributed by atoms with Gasteiger partial charge in [0.05, 0.1) is 19.6 Å². The van der Waals surface area contributed by atoms with Crippen molar-refractivity contribution in [1.82, 2.24) is 0 Å². The third kappa shape index (κ3) is 1.65. The van der Waals surface area contributed by atoms with Gasteiger partial charge in [-0.05, 0) is 36.0 Å². The maximum Gasteiger partial charge on any atom is 0.169 e. The molecule has 1 aliphatic heterocycles. The second-order valence-corrected chi connectivity index (χ2v) is 5.60. The van der Waals surface area contributed by atoms with Crippen LogP contribution in [0.1, 0.15) is 29.3 Å². The number of benzene rings is 1. The largest absolute Gasteiger partial charge is 0.497 e. The van der Waals surface area contributed by atoms with E-state index in [0.29, 0.717) is 6.61 Å². The lowest BCUT2D eigenvalue weighted by Gasteiger charge is -2.44. The van der Waals surface area contributed by atoms with E-state index in [2.05, 4.69) is 6.92 Å². The fraction of sp³-hybridized carbons (Fsp3) is 0.533. The third-order valence-corrected chi connectivity index (χ3v) is 4.44. The van der Waals surface area contributed by atoms with Crippen molar-refractivity contribution in [1.29, 1.82) is 0 Å². The van der Waals surface area contributed by atoms with E-state index in [0.717, 1.165) is 36.3 Å². The molecular formula is C15H18O3. The normalized spacial score (nSPS) is 30.6. The SMILES string of the molecule is COc1ccc2c(c1)C(=O)[C@H]1COCC[C@]1(C)C2. The maximum absolute atomic E-state index is 12.6. The highest BCUT2D eigenvalue weighted by Crippen LogP contribution is 2.45. The minimum atomic E-state index is 0.00542. The molecule has 3 rings (SSSR count). The molecule has 2 aliphatic rings. The number of Topliss-reactive ketones (excluding diaryl/α,β-unsaturated/α-hetero) is 1. The minimum absolute atomic E-state index is 0.00542. The van der Waals surface area contributed by atoms with Crippen LogP contribution in [0.2, 0.25) is 0 Å². The van der Waals surface area contributed by atoms with Crippen LogP contribution in [-0.2, 0) is 11.2 Å². The highest BCUT2D eigenvalue weighted by Gasteiger charge is 2.46. The van der Waals surface area contributed by atoms with Gasteiger partial charge in [-0.1, -0.05) is 13.0 Å². The Morgan fingerprint density at radius 2 is 2.28 bits per heavy atom. The van der Waals surface area contributed by atoms with Crippen molar-refractivity contribution >= 4 is 5.78 Å². The molecule has 1 heterocycles. The highest BCUT2D eigenvalue weighted by atomic mass is 16.5. The Hall–Kier alpha value is -1.35. The molecule has 0 aromatic heterocycles. The van der Waals surface area contributed by atoms with E-state index in [9.17, 15) is 4.79 Å². The van der Waals surface area contributed by atoms with E-state index in [1.165, 1.54) is 0 Å². The van der Waals surface area contributed by atoms with Gasteiger partial charge in [0.1, 0.15) is 5.75 Å². The molecule has 0 unspecified atom stereocenters. The lowest BCUT2D eigenvalue weighted by atomic mass is 9.63. The van der Waals surface area contributed by atoms with Crippen LogP contribution < -0.4 is 4.74 Å². The van der Waals surface area contributed by atoms with Gasteiger partial charge in [-0.25, -0.2) is 0 Å². The monoisotopic (exact) mass is 246 g/mol. The number of rotatable bonds is 1. The Morgan fingerprint density at radius 3 is 3.06 bits per heavy atom. The van der Waals surface area contributed by atoms with Crippen LogP contribution in [0.15, 0.2) is 18.2 Å². The summed E-state index contributed by atoms with van der Waals surface area (Å²) in [6.45, 7) is 3.54. The van der Waals surface area contributed by atoms with Gasteiger partial charge < -0.3 is 9.47 Å². The highest BCUT2D eigenvalue weighted by molar-refractivity contribution is 6.01. The quantitative estimate of drug-likeness (QED) is 0.763. The van der Waals surface area contributed by atoms with Gasteiger partial charge in [-0.2, -0.15) is 0 Å². The van der Waals surface area contributed by atoms with Crippen molar-refractivity contribution in [3.05, 3.63) is 29.3 Å². The molecule has 0 spiro atoms. The average molecular weight is 246 g/mol. The van der Waals surface area contributed by atoms with Gasteiger partial charge in [-0.3, -0.25) is 4.79 Å². The summed E-state index contributed by atoms with van der Waals surface area (Å²) in [5.74, 6) is 0.977. The topological polar surface area (TPSA) is 35.5 Å². The zero-order valence-electron chi connectivity index (χ0n) is 10.9. The average Bonchev–Trinajstić information content (AvgIpc) is 2.38. The molecule has 0 N–H and O–H groups in total. The lowest BCUT2D eigenvalue weighted by Crippen LogP contribution is -2.46. The van der Waals surface area contributed by atoms with Crippen LogP contribution in [0.3, 0.4) is 0 Å². The van der Waals surface area contributed by atoms with E-state index in [-0.39, 0.29) is 17.1 Å². The summed E-state index contributed by atoms with van der Waals surface area (Å²) in [6, 6.07) is 5.84. The lowest BCUT2D eigenvalue weighted by molar-refractivity contribution is -0.0249. The molecule has 3 heteroatoms. The van der Waals surface area contributed by atoms with Crippen molar-refractivity contribution in [2.24, 2.45) is 11.3 Å². The van der Waals surface area contributed by atoms with Gasteiger partial charge in [-0.15, -0.1) is 0 Å². The summed E-state index contributed by atoms with van der Waals surface area (Å²) in [7, 11) is 1.63. The number of hydrogen-bond acceptors (Lipinski definition) is 3. The molecular weight excluding hydrogens is 228 g/mol. The standard InChI is InChI=1S/C15H18O3/c1-15-5-6-18-9-13(15)14(16)12-7-11(17-2)4-3-10(12)8-15/h3-4,7,13H,5-6,8-9H2,1-2H3/t13-,15-/m1/s1. The number of hydrogen-bond donors (Lipinski definition) is 0. The third-order valence-electron chi connectivity index (χ3n) is 4.44. The van der Waals surface area contributed by atoms with Crippen molar-refractivity contribution in [2.45, 2.75) is 19.8 Å². The van der Waals surface area contributed by atoms with Crippen molar-refractivity contribution in [3.63, 3.8) is 0 Å². The first-order valence-corrected chi connectivity index (χ1v) is 6.43. The second kappa shape index (κ2) is 4.09. The Morgan fingerprint density at radius 1 is 1.44 bits per heavy atom. The number of ether oxygens (including phenoxy) is 2. The van der Waals surface area contributed by atoms with E-state index in [1.807, 2.05) is 18.2 Å². The number of methoxy groups -OCH3 is 1. The summed E-state index contributed by atoms with van der Waals surface area (Å²) < 4.78 is 10.7. The van der Waals surface area contributed by atoms with Gasteiger partial charge in [0, 0.05) is 12.2 Å². The number of carbonyl (C=O) groups excluding carboxylic acids is 1. The number of fused-ring (bicyclic) bond motifs is 2. The molecule has 0 amide bonds. The van der Waals surface area contributed by atoms with Crippen LogP contribution in [0.4, 0.5) is 0 Å². The molecule has 96 valence electrons. The summed E-state index contributed by atoms with van der Waals surface area (Å²) in [5, 5.41) is 0. The van der Waals surface area contributed by atoms with Crippen molar-refractivity contribution in [2.75, 3.05) is 20.3 Å². The number of carbonyl (C=O) groups is 1. The van der Waals surface area contributed by atoms with E-state index < -0.39 is 0 Å². The molecule has 1 aromatic carbocycles. The predicted octanol–water partition coefficient (Wildman–Crippen LogP) is 2.48. The molecule has 2 atom stereocenters. The first-order valence-electron chi connectivity index (χ1n) is 6.43. The molecule has 0 radical (unpaired) electrons. The zero-order valence-corrected chi connectivity index (χ0v) is 10.9. The van der Waals surface area contributed by atoms with E-state index in [1.54, 1.807) is 7.11 Å². The molecule has 3 nitrogen and oxygen atoms in total. The first-order chi connectivity index (χ1) is 8.64. The van der Waals surface area contributed by atoms with Crippen molar-refractivity contribution < 1.29 is 14.3 Å². The van der Waals surface area contributed by atoms with Crippen LogP contribution in [-0.4, -0.2) is 26.1 Å². The Balaban J connectivity index is 2.06. The fourth-order valence-corrected chi connectivity index (χ4v) is 3.17. The van der Waals surface area contributed by atoms with Gasteiger partial charge in [0.25, 0.3) is 0 Å². The molecule has 0 bridgehead atoms. The molecule has 1 saturated heterocycles. The molecule has 1 aliphatic carbocycles. The summed E-state index contributed by atoms with van der Waals surface area (Å²) in [4.78, 5) is 12.6. The van der Waals surface area contributed by atoms with Crippen molar-refractivity contribution in [3.8, 4) is 5.75 Å². The van der Waals surface area contributed by atoms with Gasteiger partial charge in [0.15, 0.2) is 5.78 Å². The molecule has 0 saturated carbocycles. The van der Waals surface area contributed by atoms with Crippen LogP contribution in [0, 0.1) is 11.3 Å². The molecule has 1 aromatic rings. The Kier molecular flexibility index (Phi) is 2.67. The summed E-state index contributed by atoms with van der Waals surface area (Å²) in [6.07, 6.45) is 1.93. The predicted molar refractivity (Wildman–Crippen MR) is 68.1 cm³/mol. The Bertz CT molecular complexity index is 495. The van der Waals surface area contributed by atoms with E-state index in [4.69, 9.17) is 9.47 Å². The molecule has 1 fully saturated rings. The first kappa shape index (κ1) is 11.7. The Labute approximate surface area is 107 Å². The maximum atomic E-state index is 12.6. The number of ketones is 1. The smallest absolute Gasteiger partial charge is 0.169 e. The van der Waals surface area contributed by atoms with Crippen LogP contribution in [0.25, 0.3) is 0 Å². The summed E-state index contributed by atoms with van der Waals surface area (Å²) in [5.41, 5.74) is 2.04. The zero-order chi connectivity index (χ0) is 12.8. The molecule has 18 heavy (non-hydrogen) atoms. The minimum Gasteiger partial charge on any atom is -0.497 e. The van der Waals surface area contributed by atoms with Gasteiger partial charge >= 0.3 is 0 Å². The second-order valence-electron chi connectivity index (χ2n) is 5.60. The van der Waals surface area contributed by atoms with E-state index >= 15 is 0 Å². The summed E-state index contributed by atoms with van der Waals surface area (Å²) >= 11 is 0.